The Morgan fingerprint density at radius 2 is 1.58 bits per heavy atom. The number of halogens is 6. The molecule has 0 saturated heterocycles. The van der Waals surface area contributed by atoms with Crippen molar-refractivity contribution >= 4 is 11.6 Å². The predicted octanol–water partition coefficient (Wildman–Crippen LogP) is 5.56. The predicted molar refractivity (Wildman–Crippen MR) is 105 cm³/mol. The van der Waals surface area contributed by atoms with Crippen molar-refractivity contribution in [3.63, 3.8) is 0 Å². The molecule has 0 saturated carbocycles. The van der Waals surface area contributed by atoms with Crippen molar-refractivity contribution in [1.29, 1.82) is 0 Å². The molecular formula is C21H15F6N3O3. The van der Waals surface area contributed by atoms with E-state index in [1.165, 1.54) is 41.8 Å². The van der Waals surface area contributed by atoms with Crippen molar-refractivity contribution in [2.45, 2.75) is 25.8 Å². The minimum absolute atomic E-state index is 0.0162. The summed E-state index contributed by atoms with van der Waals surface area (Å²) in [5.41, 5.74) is 2.29. The number of carbonyl (C=O) groups excluding carboxylic acids is 1. The highest BCUT2D eigenvalue weighted by Crippen LogP contribution is 2.37. The number of nitrogens with two attached hydrogens (primary N) is 1. The number of alkyl halides is 6. The first-order valence-electron chi connectivity index (χ1n) is 9.21. The molecule has 2 aromatic carbocycles. The lowest BCUT2D eigenvalue weighted by Gasteiger charge is -2.17. The summed E-state index contributed by atoms with van der Waals surface area (Å²) in [6.07, 6.45) is -10.0. The minimum Gasteiger partial charge on any atom is -0.366 e. The molecule has 0 aliphatic rings. The molecule has 0 fully saturated rings. The van der Waals surface area contributed by atoms with E-state index in [0.717, 1.165) is 0 Å². The summed E-state index contributed by atoms with van der Waals surface area (Å²) >= 11 is 0. The highest BCUT2D eigenvalue weighted by Gasteiger charge is 2.37. The molecule has 2 N–H and O–H groups in total. The lowest BCUT2D eigenvalue weighted by molar-refractivity contribution is -0.384. The molecule has 1 aromatic heterocycles. The van der Waals surface area contributed by atoms with Crippen LogP contribution in [0, 0.1) is 17.0 Å². The van der Waals surface area contributed by atoms with E-state index >= 15 is 0 Å². The molecule has 0 aliphatic carbocycles. The monoisotopic (exact) mass is 471 g/mol. The Labute approximate surface area is 182 Å². The number of rotatable bonds is 5. The summed E-state index contributed by atoms with van der Waals surface area (Å²) < 4.78 is 80.7. The zero-order valence-corrected chi connectivity index (χ0v) is 16.8. The normalized spacial score (nSPS) is 12.1. The molecule has 0 unspecified atom stereocenters. The van der Waals surface area contributed by atoms with E-state index in [-0.39, 0.29) is 39.8 Å². The highest BCUT2D eigenvalue weighted by atomic mass is 19.4. The number of carbonyl (C=O) groups is 1. The van der Waals surface area contributed by atoms with Gasteiger partial charge in [0.1, 0.15) is 0 Å². The van der Waals surface area contributed by atoms with Crippen LogP contribution < -0.4 is 5.73 Å². The summed E-state index contributed by atoms with van der Waals surface area (Å²) in [4.78, 5) is 22.3. The van der Waals surface area contributed by atoms with E-state index in [1.807, 2.05) is 0 Å². The second-order valence-electron chi connectivity index (χ2n) is 7.20. The Morgan fingerprint density at radius 1 is 1.00 bits per heavy atom. The Bertz CT molecular complexity index is 1210. The van der Waals surface area contributed by atoms with E-state index in [4.69, 9.17) is 5.73 Å². The van der Waals surface area contributed by atoms with E-state index in [2.05, 4.69) is 0 Å². The Morgan fingerprint density at radius 3 is 2.06 bits per heavy atom. The molecule has 0 atom stereocenters. The number of non-ortho nitro benzene ring substituents is 1. The third kappa shape index (κ3) is 4.99. The number of hydrogen-bond acceptors (Lipinski definition) is 3. The fourth-order valence-electron chi connectivity index (χ4n) is 3.41. The zero-order valence-electron chi connectivity index (χ0n) is 16.8. The van der Waals surface area contributed by atoms with E-state index in [9.17, 15) is 41.3 Å². The zero-order chi connectivity index (χ0) is 24.7. The molecule has 3 aromatic rings. The fourth-order valence-corrected chi connectivity index (χ4v) is 3.41. The lowest BCUT2D eigenvalue weighted by Crippen LogP contribution is -2.14. The van der Waals surface area contributed by atoms with Gasteiger partial charge in [0.2, 0.25) is 0 Å². The summed E-state index contributed by atoms with van der Waals surface area (Å²) in [5, 5.41) is 11.1. The van der Waals surface area contributed by atoms with Gasteiger partial charge >= 0.3 is 12.4 Å². The van der Waals surface area contributed by atoms with Crippen molar-refractivity contribution < 1.29 is 36.1 Å². The number of hydrogen-bond donors (Lipinski definition) is 1. The minimum atomic E-state index is -5.02. The van der Waals surface area contributed by atoms with Crippen LogP contribution in [0.15, 0.2) is 48.5 Å². The average molecular weight is 471 g/mol. The summed E-state index contributed by atoms with van der Waals surface area (Å²) in [6.45, 7) is 0.934. The van der Waals surface area contributed by atoms with Crippen LogP contribution in [0.1, 0.15) is 32.7 Å². The van der Waals surface area contributed by atoms with Crippen LogP contribution in [0.25, 0.3) is 11.3 Å². The molecule has 3 rings (SSSR count). The molecule has 1 amide bonds. The first kappa shape index (κ1) is 23.8. The number of nitro benzene ring substituents is 1. The molecule has 174 valence electrons. The molecule has 0 radical (unpaired) electrons. The highest BCUT2D eigenvalue weighted by molar-refractivity contribution is 5.95. The van der Waals surface area contributed by atoms with Gasteiger partial charge in [-0.1, -0.05) is 12.1 Å². The van der Waals surface area contributed by atoms with Crippen LogP contribution in [0.4, 0.5) is 32.0 Å². The van der Waals surface area contributed by atoms with Crippen LogP contribution in [0.5, 0.6) is 0 Å². The summed E-state index contributed by atoms with van der Waals surface area (Å²) in [6, 6.07) is 7.65. The van der Waals surface area contributed by atoms with Crippen LogP contribution in [-0.2, 0) is 18.9 Å². The Kier molecular flexibility index (Phi) is 5.96. The van der Waals surface area contributed by atoms with Gasteiger partial charge in [0.05, 0.1) is 21.6 Å². The molecule has 0 aliphatic heterocycles. The first-order valence-corrected chi connectivity index (χ1v) is 9.21. The maximum atomic E-state index is 13.2. The Balaban J connectivity index is 2.21. The number of primary amides is 1. The van der Waals surface area contributed by atoms with Gasteiger partial charge in [0.25, 0.3) is 11.6 Å². The topological polar surface area (TPSA) is 91.2 Å². The van der Waals surface area contributed by atoms with Crippen LogP contribution in [0.3, 0.4) is 0 Å². The number of nitro groups is 1. The van der Waals surface area contributed by atoms with Gasteiger partial charge in [-0.25, -0.2) is 0 Å². The third-order valence-corrected chi connectivity index (χ3v) is 4.97. The quantitative estimate of drug-likeness (QED) is 0.300. The van der Waals surface area contributed by atoms with E-state index in [1.54, 1.807) is 0 Å². The fraction of sp³-hybridized carbons (Fsp3) is 0.190. The second kappa shape index (κ2) is 8.26. The van der Waals surface area contributed by atoms with Gasteiger partial charge in [-0.05, 0) is 36.8 Å². The summed E-state index contributed by atoms with van der Waals surface area (Å²) in [5.74, 6) is -0.877. The van der Waals surface area contributed by atoms with Gasteiger partial charge in [-0.15, -0.1) is 0 Å². The standard InChI is InChI=1S/C21H15F6N3O3/c1-11-17(19(28)31)9-18(13-3-2-4-16(7-13)30(32)33)29(11)10-12-5-14(20(22,23)24)8-15(6-12)21(25,26)27/h2-9H,10H2,1H3,(H2,28,31). The van der Waals surface area contributed by atoms with Crippen LogP contribution >= 0.6 is 0 Å². The van der Waals surface area contributed by atoms with Crippen molar-refractivity contribution in [3.8, 4) is 11.3 Å². The third-order valence-electron chi connectivity index (χ3n) is 4.97. The second-order valence-corrected chi connectivity index (χ2v) is 7.20. The maximum absolute atomic E-state index is 13.2. The number of amides is 1. The molecule has 0 spiro atoms. The van der Waals surface area contributed by atoms with Gasteiger partial charge in [-0.2, -0.15) is 26.3 Å². The molecule has 33 heavy (non-hydrogen) atoms. The number of nitrogens with zero attached hydrogens (tertiary/aromatic N) is 2. The first-order chi connectivity index (χ1) is 15.2. The van der Waals surface area contributed by atoms with Crippen molar-refractivity contribution in [1.82, 2.24) is 4.57 Å². The lowest BCUT2D eigenvalue weighted by atomic mass is 10.0. The number of benzene rings is 2. The van der Waals surface area contributed by atoms with Gasteiger partial charge < -0.3 is 10.3 Å². The van der Waals surface area contributed by atoms with E-state index < -0.39 is 40.9 Å². The molecule has 12 heteroatoms. The molecule has 1 heterocycles. The smallest absolute Gasteiger partial charge is 0.366 e. The van der Waals surface area contributed by atoms with Gasteiger partial charge in [0.15, 0.2) is 0 Å². The van der Waals surface area contributed by atoms with Gasteiger partial charge in [-0.3, -0.25) is 14.9 Å². The number of aromatic nitrogens is 1. The average Bonchev–Trinajstić information content (AvgIpc) is 3.03. The molecular weight excluding hydrogens is 456 g/mol. The van der Waals surface area contributed by atoms with Crippen molar-refractivity contribution in [2.75, 3.05) is 0 Å². The maximum Gasteiger partial charge on any atom is 0.416 e. The van der Waals surface area contributed by atoms with E-state index in [0.29, 0.717) is 12.1 Å². The van der Waals surface area contributed by atoms with Crippen LogP contribution in [0.2, 0.25) is 0 Å². The SMILES string of the molecule is Cc1c(C(N)=O)cc(-c2cccc([N+](=O)[O-])c2)n1Cc1cc(C(F)(F)F)cc(C(F)(F)F)c1. The molecule has 0 bridgehead atoms. The largest absolute Gasteiger partial charge is 0.416 e. The van der Waals surface area contributed by atoms with Crippen molar-refractivity contribution in [3.05, 3.63) is 86.6 Å². The van der Waals surface area contributed by atoms with Crippen LogP contribution in [-0.4, -0.2) is 15.4 Å². The van der Waals surface area contributed by atoms with Gasteiger partial charge in [0, 0.05) is 35.6 Å². The molecule has 6 nitrogen and oxygen atoms in total. The van der Waals surface area contributed by atoms with Crippen molar-refractivity contribution in [2.24, 2.45) is 5.73 Å². The Hall–Kier alpha value is -3.83. The summed E-state index contributed by atoms with van der Waals surface area (Å²) in [7, 11) is 0.